The quantitative estimate of drug-likeness (QED) is 0.618. The van der Waals surface area contributed by atoms with Gasteiger partial charge in [-0.2, -0.15) is 0 Å². The van der Waals surface area contributed by atoms with Crippen molar-refractivity contribution >= 4 is 5.97 Å². The van der Waals surface area contributed by atoms with E-state index in [2.05, 4.69) is 6.92 Å². The van der Waals surface area contributed by atoms with Crippen LogP contribution >= 0.6 is 0 Å². The van der Waals surface area contributed by atoms with Gasteiger partial charge >= 0.3 is 5.97 Å². The summed E-state index contributed by atoms with van der Waals surface area (Å²) in [7, 11) is 0. The minimum absolute atomic E-state index is 0.00931. The van der Waals surface area contributed by atoms with E-state index in [4.69, 9.17) is 10.5 Å². The van der Waals surface area contributed by atoms with Gasteiger partial charge in [0.05, 0.1) is 6.42 Å². The van der Waals surface area contributed by atoms with Gasteiger partial charge in [-0.15, -0.1) is 0 Å². The largest absolute Gasteiger partial charge is 0.460 e. The third-order valence-electron chi connectivity index (χ3n) is 3.56. The number of cyclic esters (lactones) is 1. The van der Waals surface area contributed by atoms with E-state index in [-0.39, 0.29) is 17.5 Å². The molecule has 2 aliphatic rings. The van der Waals surface area contributed by atoms with Crippen LogP contribution in [0.3, 0.4) is 0 Å². The van der Waals surface area contributed by atoms with Crippen LogP contribution in [0.1, 0.15) is 32.6 Å². The Hall–Kier alpha value is -0.570. The van der Waals surface area contributed by atoms with Gasteiger partial charge in [0.25, 0.3) is 0 Å². The van der Waals surface area contributed by atoms with Gasteiger partial charge in [-0.05, 0) is 18.8 Å². The number of hydrogen-bond donors (Lipinski definition) is 1. The Morgan fingerprint density at radius 2 is 2.46 bits per heavy atom. The van der Waals surface area contributed by atoms with Crippen LogP contribution in [0.15, 0.2) is 0 Å². The van der Waals surface area contributed by atoms with Crippen molar-refractivity contribution < 1.29 is 9.53 Å². The maximum absolute atomic E-state index is 11.2. The molecule has 13 heavy (non-hydrogen) atoms. The Labute approximate surface area is 78.6 Å². The van der Waals surface area contributed by atoms with E-state index in [1.165, 1.54) is 6.42 Å². The summed E-state index contributed by atoms with van der Waals surface area (Å²) in [5, 5.41) is 0. The molecule has 74 valence electrons. The molecule has 0 bridgehead atoms. The van der Waals surface area contributed by atoms with Crippen LogP contribution in [0.4, 0.5) is 0 Å². The van der Waals surface area contributed by atoms with Gasteiger partial charge in [-0.3, -0.25) is 4.79 Å². The zero-order valence-corrected chi connectivity index (χ0v) is 8.08. The van der Waals surface area contributed by atoms with Crippen LogP contribution in [0.25, 0.3) is 0 Å². The molecule has 0 aromatic heterocycles. The second kappa shape index (κ2) is 2.98. The molecule has 0 aromatic carbocycles. The van der Waals surface area contributed by atoms with E-state index in [9.17, 15) is 4.79 Å². The third-order valence-corrected chi connectivity index (χ3v) is 3.56. The first kappa shape index (κ1) is 9.00. The first-order chi connectivity index (χ1) is 6.16. The Morgan fingerprint density at radius 1 is 1.69 bits per heavy atom. The lowest BCUT2D eigenvalue weighted by molar-refractivity contribution is -0.141. The molecule has 3 heteroatoms. The molecule has 1 heterocycles. The molecule has 0 amide bonds. The summed E-state index contributed by atoms with van der Waals surface area (Å²) in [4.78, 5) is 11.2. The van der Waals surface area contributed by atoms with Crippen LogP contribution in [-0.4, -0.2) is 18.6 Å². The second-order valence-electron chi connectivity index (χ2n) is 4.60. The molecule has 3 unspecified atom stereocenters. The standard InChI is InChI=1S/C10H17NO2/c1-7-2-3-10(4-7)5-9(12)13-8(10)6-11/h7-8H,2-6,11H2,1H3. The van der Waals surface area contributed by atoms with Gasteiger partial charge in [-0.25, -0.2) is 0 Å². The lowest BCUT2D eigenvalue weighted by Gasteiger charge is -2.26. The zero-order valence-electron chi connectivity index (χ0n) is 8.08. The van der Waals surface area contributed by atoms with Crippen molar-refractivity contribution in [2.75, 3.05) is 6.54 Å². The molecule has 1 aliphatic carbocycles. The highest BCUT2D eigenvalue weighted by Crippen LogP contribution is 2.50. The van der Waals surface area contributed by atoms with Crippen molar-refractivity contribution in [1.29, 1.82) is 0 Å². The van der Waals surface area contributed by atoms with Crippen LogP contribution < -0.4 is 5.73 Å². The van der Waals surface area contributed by atoms with Crippen molar-refractivity contribution in [3.63, 3.8) is 0 Å². The van der Waals surface area contributed by atoms with Gasteiger partial charge in [0.1, 0.15) is 6.10 Å². The van der Waals surface area contributed by atoms with Crippen molar-refractivity contribution in [3.8, 4) is 0 Å². The van der Waals surface area contributed by atoms with Gasteiger partial charge in [0.15, 0.2) is 0 Å². The van der Waals surface area contributed by atoms with Crippen molar-refractivity contribution in [1.82, 2.24) is 0 Å². The minimum atomic E-state index is -0.0513. The number of carbonyl (C=O) groups excluding carboxylic acids is 1. The average Bonchev–Trinajstić information content (AvgIpc) is 2.57. The lowest BCUT2D eigenvalue weighted by atomic mass is 9.78. The van der Waals surface area contributed by atoms with E-state index < -0.39 is 0 Å². The van der Waals surface area contributed by atoms with Crippen LogP contribution in [0.5, 0.6) is 0 Å². The number of hydrogen-bond acceptors (Lipinski definition) is 3. The first-order valence-electron chi connectivity index (χ1n) is 5.06. The van der Waals surface area contributed by atoms with E-state index in [0.29, 0.717) is 13.0 Å². The number of nitrogens with two attached hydrogens (primary N) is 1. The topological polar surface area (TPSA) is 52.3 Å². The SMILES string of the molecule is CC1CCC2(CC(=O)OC2CN)C1. The van der Waals surface area contributed by atoms with Crippen LogP contribution in [0, 0.1) is 11.3 Å². The van der Waals surface area contributed by atoms with E-state index in [1.54, 1.807) is 0 Å². The summed E-state index contributed by atoms with van der Waals surface area (Å²) in [5.41, 5.74) is 5.72. The van der Waals surface area contributed by atoms with Gasteiger partial charge in [0.2, 0.25) is 0 Å². The molecule has 0 radical (unpaired) electrons. The van der Waals surface area contributed by atoms with Gasteiger partial charge in [-0.1, -0.05) is 13.3 Å². The summed E-state index contributed by atoms with van der Waals surface area (Å²) in [6.07, 6.45) is 4.03. The minimum Gasteiger partial charge on any atom is -0.460 e. The molecule has 3 atom stereocenters. The smallest absolute Gasteiger partial charge is 0.306 e. The van der Waals surface area contributed by atoms with Crippen LogP contribution in [-0.2, 0) is 9.53 Å². The molecule has 1 aliphatic heterocycles. The molecule has 1 saturated heterocycles. The van der Waals surface area contributed by atoms with Crippen molar-refractivity contribution in [3.05, 3.63) is 0 Å². The van der Waals surface area contributed by atoms with Crippen molar-refractivity contribution in [2.24, 2.45) is 17.1 Å². The lowest BCUT2D eigenvalue weighted by Crippen LogP contribution is -2.34. The predicted molar refractivity (Wildman–Crippen MR) is 49.0 cm³/mol. The second-order valence-corrected chi connectivity index (χ2v) is 4.60. The normalized spacial score (nSPS) is 44.3. The summed E-state index contributed by atoms with van der Waals surface area (Å²) in [6, 6.07) is 0. The van der Waals surface area contributed by atoms with E-state index >= 15 is 0 Å². The summed E-state index contributed by atoms with van der Waals surface area (Å²) >= 11 is 0. The molecule has 2 fully saturated rings. The number of rotatable bonds is 1. The van der Waals surface area contributed by atoms with Crippen molar-refractivity contribution in [2.45, 2.75) is 38.7 Å². The number of ether oxygens (including phenoxy) is 1. The average molecular weight is 183 g/mol. The fraction of sp³-hybridized carbons (Fsp3) is 0.900. The fourth-order valence-corrected chi connectivity index (χ4v) is 2.91. The Kier molecular flexibility index (Phi) is 2.06. The highest BCUT2D eigenvalue weighted by molar-refractivity contribution is 5.73. The molecule has 0 aromatic rings. The molecule has 3 nitrogen and oxygen atoms in total. The maximum atomic E-state index is 11.2. The Morgan fingerprint density at radius 3 is 3.00 bits per heavy atom. The summed E-state index contributed by atoms with van der Waals surface area (Å²) in [5.74, 6) is 0.674. The predicted octanol–water partition coefficient (Wildman–Crippen LogP) is 1.07. The molecule has 2 rings (SSSR count). The number of esters is 1. The third kappa shape index (κ3) is 1.35. The zero-order chi connectivity index (χ0) is 9.47. The Bertz CT molecular complexity index is 229. The highest BCUT2D eigenvalue weighted by Gasteiger charge is 2.51. The molecular weight excluding hydrogens is 166 g/mol. The molecule has 1 saturated carbocycles. The van der Waals surface area contributed by atoms with Gasteiger partial charge < -0.3 is 10.5 Å². The molecular formula is C10H17NO2. The number of carbonyl (C=O) groups is 1. The summed E-state index contributed by atoms with van der Waals surface area (Å²) in [6.45, 7) is 2.73. The van der Waals surface area contributed by atoms with E-state index in [1.807, 2.05) is 0 Å². The fourth-order valence-electron chi connectivity index (χ4n) is 2.91. The van der Waals surface area contributed by atoms with E-state index in [0.717, 1.165) is 18.8 Å². The Balaban J connectivity index is 2.16. The summed E-state index contributed by atoms with van der Waals surface area (Å²) < 4.78 is 5.23. The first-order valence-corrected chi connectivity index (χ1v) is 5.06. The van der Waals surface area contributed by atoms with Gasteiger partial charge in [0, 0.05) is 12.0 Å². The molecule has 1 spiro atoms. The van der Waals surface area contributed by atoms with Crippen LogP contribution in [0.2, 0.25) is 0 Å². The highest BCUT2D eigenvalue weighted by atomic mass is 16.6. The molecule has 2 N–H and O–H groups in total. The monoisotopic (exact) mass is 183 g/mol. The maximum Gasteiger partial charge on any atom is 0.306 e.